The number of benzene rings is 3. The fourth-order valence-electron chi connectivity index (χ4n) is 4.44. The molecule has 226 valence electrons. The Morgan fingerprint density at radius 3 is 2.07 bits per heavy atom. The molecule has 0 fully saturated rings. The zero-order valence-electron chi connectivity index (χ0n) is 23.9. The summed E-state index contributed by atoms with van der Waals surface area (Å²) in [5.41, 5.74) is 1.86. The molecule has 7 nitrogen and oxygen atoms in total. The molecule has 0 bridgehead atoms. The first-order chi connectivity index (χ1) is 19.9. The van der Waals surface area contributed by atoms with Crippen molar-refractivity contribution in [2.45, 2.75) is 45.7 Å². The highest BCUT2D eigenvalue weighted by molar-refractivity contribution is 7.92. The summed E-state index contributed by atoms with van der Waals surface area (Å²) < 4.78 is 26.4. The van der Waals surface area contributed by atoms with E-state index in [1.165, 1.54) is 9.21 Å². The van der Waals surface area contributed by atoms with Gasteiger partial charge in [-0.3, -0.25) is 13.9 Å². The maximum Gasteiger partial charge on any atom is 0.243 e. The second-order valence-corrected chi connectivity index (χ2v) is 13.6. The molecular formula is C31H36Cl3N3O4S. The van der Waals surface area contributed by atoms with Crippen molar-refractivity contribution in [1.82, 2.24) is 10.2 Å². The van der Waals surface area contributed by atoms with Gasteiger partial charge in [-0.15, -0.1) is 0 Å². The lowest BCUT2D eigenvalue weighted by molar-refractivity contribution is -0.141. The summed E-state index contributed by atoms with van der Waals surface area (Å²) in [7, 11) is -3.63. The minimum Gasteiger partial charge on any atom is -0.354 e. The number of sulfonamides is 1. The molecular weight excluding hydrogens is 617 g/mol. The quantitative estimate of drug-likeness (QED) is 0.213. The third-order valence-corrected chi connectivity index (χ3v) is 8.77. The van der Waals surface area contributed by atoms with Crippen LogP contribution < -0.4 is 9.62 Å². The van der Waals surface area contributed by atoms with Crippen molar-refractivity contribution in [3.05, 3.63) is 99.0 Å². The molecule has 1 N–H and O–H groups in total. The third-order valence-electron chi connectivity index (χ3n) is 6.61. The van der Waals surface area contributed by atoms with E-state index in [9.17, 15) is 18.0 Å². The molecule has 0 radical (unpaired) electrons. The molecule has 3 aromatic carbocycles. The molecule has 1 atom stereocenters. The molecule has 3 rings (SSSR count). The maximum absolute atomic E-state index is 13.9. The Morgan fingerprint density at radius 2 is 1.50 bits per heavy atom. The summed E-state index contributed by atoms with van der Waals surface area (Å²) in [6, 6.07) is 20.2. The third kappa shape index (κ3) is 9.90. The van der Waals surface area contributed by atoms with Gasteiger partial charge in [-0.1, -0.05) is 85.0 Å². The van der Waals surface area contributed by atoms with Gasteiger partial charge in [0.25, 0.3) is 0 Å². The first-order valence-corrected chi connectivity index (χ1v) is 16.6. The molecule has 0 heterocycles. The van der Waals surface area contributed by atoms with Crippen molar-refractivity contribution in [2.24, 2.45) is 5.92 Å². The number of anilines is 1. The van der Waals surface area contributed by atoms with Crippen LogP contribution in [0.4, 0.5) is 5.69 Å². The molecule has 3 aromatic rings. The van der Waals surface area contributed by atoms with Crippen LogP contribution >= 0.6 is 34.8 Å². The van der Waals surface area contributed by atoms with Crippen molar-refractivity contribution in [1.29, 1.82) is 0 Å². The van der Waals surface area contributed by atoms with Crippen LogP contribution in [-0.4, -0.2) is 50.5 Å². The zero-order chi connectivity index (χ0) is 30.9. The van der Waals surface area contributed by atoms with E-state index in [0.29, 0.717) is 32.9 Å². The van der Waals surface area contributed by atoms with Crippen LogP contribution in [-0.2, 0) is 32.6 Å². The van der Waals surface area contributed by atoms with Crippen LogP contribution in [0.15, 0.2) is 72.8 Å². The summed E-state index contributed by atoms with van der Waals surface area (Å²) >= 11 is 19.0. The molecule has 0 aromatic heterocycles. The number of hydrogen-bond donors (Lipinski definition) is 1. The molecule has 0 aliphatic carbocycles. The minimum atomic E-state index is -3.63. The Balaban J connectivity index is 1.92. The monoisotopic (exact) mass is 651 g/mol. The largest absolute Gasteiger partial charge is 0.354 e. The zero-order valence-corrected chi connectivity index (χ0v) is 27.0. The fraction of sp³-hybridized carbons (Fsp3) is 0.355. The fourth-order valence-corrected chi connectivity index (χ4v) is 6.05. The predicted octanol–water partition coefficient (Wildman–Crippen LogP) is 6.61. The second kappa shape index (κ2) is 15.6. The van der Waals surface area contributed by atoms with Crippen LogP contribution in [0, 0.1) is 5.92 Å². The molecule has 2 amide bonds. The molecule has 11 heteroatoms. The van der Waals surface area contributed by atoms with E-state index < -0.39 is 16.1 Å². The van der Waals surface area contributed by atoms with E-state index in [1.807, 2.05) is 44.2 Å². The lowest BCUT2D eigenvalue weighted by Crippen LogP contribution is -2.51. The van der Waals surface area contributed by atoms with E-state index in [0.717, 1.165) is 11.8 Å². The van der Waals surface area contributed by atoms with Crippen molar-refractivity contribution in [2.75, 3.05) is 23.7 Å². The minimum absolute atomic E-state index is 0.00949. The molecule has 0 aliphatic heterocycles. The van der Waals surface area contributed by atoms with Gasteiger partial charge in [-0.2, -0.15) is 0 Å². The van der Waals surface area contributed by atoms with Crippen LogP contribution in [0.1, 0.15) is 37.8 Å². The van der Waals surface area contributed by atoms with Gasteiger partial charge in [0.15, 0.2) is 0 Å². The predicted molar refractivity (Wildman–Crippen MR) is 172 cm³/mol. The molecule has 0 saturated heterocycles. The summed E-state index contributed by atoms with van der Waals surface area (Å²) in [5.74, 6) is -0.400. The van der Waals surface area contributed by atoms with E-state index in [2.05, 4.69) is 5.32 Å². The number of nitrogens with one attached hydrogen (secondary N) is 1. The first-order valence-electron chi connectivity index (χ1n) is 13.6. The summed E-state index contributed by atoms with van der Waals surface area (Å²) in [6.07, 6.45) is 1.60. The van der Waals surface area contributed by atoms with Crippen molar-refractivity contribution >= 4 is 62.3 Å². The number of halogens is 3. The van der Waals surface area contributed by atoms with Crippen LogP contribution in [0.2, 0.25) is 15.1 Å². The number of amides is 2. The van der Waals surface area contributed by atoms with Gasteiger partial charge >= 0.3 is 0 Å². The van der Waals surface area contributed by atoms with E-state index in [-0.39, 0.29) is 50.1 Å². The van der Waals surface area contributed by atoms with Gasteiger partial charge in [0.05, 0.1) is 11.9 Å². The molecule has 0 spiro atoms. The van der Waals surface area contributed by atoms with Crippen molar-refractivity contribution < 1.29 is 18.0 Å². The molecule has 42 heavy (non-hydrogen) atoms. The Labute approximate surface area is 263 Å². The Kier molecular flexibility index (Phi) is 12.5. The number of carbonyl (C=O) groups excluding carboxylic acids is 2. The maximum atomic E-state index is 13.9. The normalized spacial score (nSPS) is 12.2. The summed E-state index contributed by atoms with van der Waals surface area (Å²) in [5, 5.41) is 4.22. The lowest BCUT2D eigenvalue weighted by atomic mass is 10.0. The average molecular weight is 653 g/mol. The smallest absolute Gasteiger partial charge is 0.243 e. The summed E-state index contributed by atoms with van der Waals surface area (Å²) in [4.78, 5) is 29.0. The topological polar surface area (TPSA) is 86.8 Å². The van der Waals surface area contributed by atoms with Gasteiger partial charge < -0.3 is 10.2 Å². The van der Waals surface area contributed by atoms with E-state index in [1.54, 1.807) is 42.5 Å². The molecule has 1 unspecified atom stereocenters. The van der Waals surface area contributed by atoms with Gasteiger partial charge in [-0.25, -0.2) is 8.42 Å². The van der Waals surface area contributed by atoms with Crippen molar-refractivity contribution in [3.8, 4) is 0 Å². The highest BCUT2D eigenvalue weighted by Gasteiger charge is 2.31. The number of rotatable bonds is 14. The highest BCUT2D eigenvalue weighted by atomic mass is 35.5. The van der Waals surface area contributed by atoms with Crippen LogP contribution in [0.5, 0.6) is 0 Å². The first kappa shape index (κ1) is 33.7. The SMILES string of the molecule is CC(C)CNC(=O)C(Cc1ccccc1)N(Cc1c(Cl)cccc1Cl)C(=O)CCCN(c1ccc(Cl)cc1)S(C)(=O)=O. The Bertz CT molecular complexity index is 1430. The summed E-state index contributed by atoms with van der Waals surface area (Å²) in [6.45, 7) is 4.51. The Morgan fingerprint density at radius 1 is 0.881 bits per heavy atom. The van der Waals surface area contributed by atoms with Gasteiger partial charge in [0.2, 0.25) is 21.8 Å². The lowest BCUT2D eigenvalue weighted by Gasteiger charge is -2.32. The molecule has 0 aliphatic rings. The van der Waals surface area contributed by atoms with Gasteiger partial charge in [0, 0.05) is 53.1 Å². The molecule has 0 saturated carbocycles. The van der Waals surface area contributed by atoms with Crippen molar-refractivity contribution in [3.63, 3.8) is 0 Å². The standard InChI is InChI=1S/C31H36Cl3N3O4S/c1-22(2)20-35-31(39)29(19-23-9-5-4-6-10-23)36(21-26-27(33)11-7-12-28(26)34)30(38)13-8-18-37(42(3,40)41)25-16-14-24(32)15-17-25/h4-7,9-12,14-17,22,29H,8,13,18-21H2,1-3H3,(H,35,39). The van der Waals surface area contributed by atoms with E-state index in [4.69, 9.17) is 34.8 Å². The van der Waals surface area contributed by atoms with Crippen LogP contribution in [0.3, 0.4) is 0 Å². The number of hydrogen-bond acceptors (Lipinski definition) is 4. The second-order valence-electron chi connectivity index (χ2n) is 10.5. The van der Waals surface area contributed by atoms with Gasteiger partial charge in [-0.05, 0) is 54.3 Å². The van der Waals surface area contributed by atoms with E-state index >= 15 is 0 Å². The van der Waals surface area contributed by atoms with Gasteiger partial charge in [0.1, 0.15) is 6.04 Å². The average Bonchev–Trinajstić information content (AvgIpc) is 2.93. The number of carbonyl (C=O) groups is 2. The van der Waals surface area contributed by atoms with Crippen LogP contribution in [0.25, 0.3) is 0 Å². The number of nitrogens with zero attached hydrogens (tertiary/aromatic N) is 2. The Hall–Kier alpha value is -2.78. The highest BCUT2D eigenvalue weighted by Crippen LogP contribution is 2.28.